The molecular weight excluding hydrogens is 212 g/mol. The second-order valence-corrected chi connectivity index (χ2v) is 6.48. The minimum absolute atomic E-state index is 0.374. The van der Waals surface area contributed by atoms with Gasteiger partial charge in [0.2, 0.25) is 5.91 Å². The molecular formula is C14H24N2O. The summed E-state index contributed by atoms with van der Waals surface area (Å²) in [5, 5.41) is 0. The molecule has 0 aromatic heterocycles. The molecule has 3 rings (SSSR count). The van der Waals surface area contributed by atoms with Crippen LogP contribution < -0.4 is 0 Å². The third kappa shape index (κ3) is 2.10. The van der Waals surface area contributed by atoms with Crippen molar-refractivity contribution < 1.29 is 4.79 Å². The van der Waals surface area contributed by atoms with E-state index in [0.29, 0.717) is 17.2 Å². The quantitative estimate of drug-likeness (QED) is 0.692. The van der Waals surface area contributed by atoms with Crippen LogP contribution in [0.2, 0.25) is 0 Å². The summed E-state index contributed by atoms with van der Waals surface area (Å²) in [6.07, 6.45) is 7.40. The van der Waals surface area contributed by atoms with Crippen LogP contribution in [-0.4, -0.2) is 48.9 Å². The first kappa shape index (κ1) is 11.5. The van der Waals surface area contributed by atoms with Gasteiger partial charge in [-0.15, -0.1) is 0 Å². The molecule has 0 aromatic rings. The van der Waals surface area contributed by atoms with E-state index in [1.807, 2.05) is 0 Å². The lowest BCUT2D eigenvalue weighted by atomic mass is 9.71. The van der Waals surface area contributed by atoms with Gasteiger partial charge in [0.05, 0.1) is 0 Å². The molecule has 3 nitrogen and oxygen atoms in total. The highest BCUT2D eigenvalue weighted by Crippen LogP contribution is 2.41. The second kappa shape index (κ2) is 4.27. The van der Waals surface area contributed by atoms with Crippen molar-refractivity contribution in [2.75, 3.05) is 33.2 Å². The van der Waals surface area contributed by atoms with Crippen LogP contribution in [-0.2, 0) is 4.79 Å². The molecule has 17 heavy (non-hydrogen) atoms. The molecule has 2 saturated heterocycles. The number of rotatable bonds is 1. The Hall–Kier alpha value is -0.570. The van der Waals surface area contributed by atoms with E-state index in [1.54, 1.807) is 0 Å². The largest absolute Gasteiger partial charge is 0.341 e. The van der Waals surface area contributed by atoms with E-state index in [2.05, 4.69) is 16.8 Å². The van der Waals surface area contributed by atoms with E-state index >= 15 is 0 Å². The molecule has 0 N–H and O–H groups in total. The van der Waals surface area contributed by atoms with Crippen molar-refractivity contribution in [3.8, 4) is 0 Å². The fraction of sp³-hybridized carbons (Fsp3) is 0.929. The molecule has 3 heteroatoms. The number of likely N-dealkylation sites (tertiary alicyclic amines) is 2. The van der Waals surface area contributed by atoms with Gasteiger partial charge in [-0.05, 0) is 45.8 Å². The van der Waals surface area contributed by atoms with Crippen molar-refractivity contribution in [2.24, 2.45) is 11.3 Å². The smallest absolute Gasteiger partial charge is 0.225 e. The molecule has 0 unspecified atom stereocenters. The zero-order valence-corrected chi connectivity index (χ0v) is 11.0. The number of piperidine rings is 1. The van der Waals surface area contributed by atoms with Gasteiger partial charge in [0.1, 0.15) is 0 Å². The fourth-order valence-corrected chi connectivity index (χ4v) is 3.76. The zero-order chi connectivity index (χ0) is 11.9. The van der Waals surface area contributed by atoms with Crippen LogP contribution in [0.3, 0.4) is 0 Å². The van der Waals surface area contributed by atoms with Crippen molar-refractivity contribution >= 4 is 5.91 Å². The highest BCUT2D eigenvalue weighted by Gasteiger charge is 2.47. The Morgan fingerprint density at radius 1 is 1.12 bits per heavy atom. The number of carbonyl (C=O) groups is 1. The van der Waals surface area contributed by atoms with Crippen molar-refractivity contribution in [1.29, 1.82) is 0 Å². The van der Waals surface area contributed by atoms with E-state index in [4.69, 9.17) is 0 Å². The summed E-state index contributed by atoms with van der Waals surface area (Å²) in [6, 6.07) is 0. The summed E-state index contributed by atoms with van der Waals surface area (Å²) in [6.45, 7) is 4.53. The van der Waals surface area contributed by atoms with Crippen molar-refractivity contribution in [2.45, 2.75) is 38.5 Å². The van der Waals surface area contributed by atoms with Crippen LogP contribution >= 0.6 is 0 Å². The van der Waals surface area contributed by atoms with Crippen molar-refractivity contribution in [3.63, 3.8) is 0 Å². The maximum absolute atomic E-state index is 12.2. The van der Waals surface area contributed by atoms with Gasteiger partial charge in [0, 0.05) is 24.4 Å². The van der Waals surface area contributed by atoms with Gasteiger partial charge in [-0.1, -0.05) is 12.8 Å². The van der Waals surface area contributed by atoms with Gasteiger partial charge < -0.3 is 9.80 Å². The topological polar surface area (TPSA) is 23.6 Å². The van der Waals surface area contributed by atoms with Crippen LogP contribution in [0.4, 0.5) is 0 Å². The molecule has 2 heterocycles. The van der Waals surface area contributed by atoms with Crippen LogP contribution in [0.1, 0.15) is 38.5 Å². The number of hydrogen-bond donors (Lipinski definition) is 0. The SMILES string of the molecule is CN1CCC2(CC1)CN(C(=O)C1CCCC1)C2. The third-order valence-corrected chi connectivity index (χ3v) is 5.12. The van der Waals surface area contributed by atoms with Crippen LogP contribution in [0.5, 0.6) is 0 Å². The van der Waals surface area contributed by atoms with Crippen molar-refractivity contribution in [3.05, 3.63) is 0 Å². The first-order valence-corrected chi connectivity index (χ1v) is 7.16. The Balaban J connectivity index is 1.52. The molecule has 1 amide bonds. The summed E-state index contributed by atoms with van der Waals surface area (Å²) in [5.74, 6) is 0.839. The van der Waals surface area contributed by atoms with E-state index in [9.17, 15) is 4.79 Å². The molecule has 3 fully saturated rings. The molecule has 2 aliphatic heterocycles. The van der Waals surface area contributed by atoms with E-state index in [1.165, 1.54) is 38.8 Å². The first-order chi connectivity index (χ1) is 8.19. The van der Waals surface area contributed by atoms with E-state index in [0.717, 1.165) is 25.9 Å². The van der Waals surface area contributed by atoms with Crippen LogP contribution in [0.15, 0.2) is 0 Å². The summed E-state index contributed by atoms with van der Waals surface area (Å²) in [4.78, 5) is 16.8. The van der Waals surface area contributed by atoms with Crippen LogP contribution in [0, 0.1) is 11.3 Å². The number of carbonyl (C=O) groups excluding carboxylic acids is 1. The Bertz CT molecular complexity index is 293. The molecule has 0 atom stereocenters. The fourth-order valence-electron chi connectivity index (χ4n) is 3.76. The summed E-state index contributed by atoms with van der Waals surface area (Å²) in [7, 11) is 2.20. The van der Waals surface area contributed by atoms with Gasteiger partial charge in [-0.3, -0.25) is 4.79 Å². The predicted octanol–water partition coefficient (Wildman–Crippen LogP) is 1.73. The number of amides is 1. The van der Waals surface area contributed by atoms with E-state index < -0.39 is 0 Å². The average molecular weight is 236 g/mol. The molecule has 1 saturated carbocycles. The first-order valence-electron chi connectivity index (χ1n) is 7.16. The van der Waals surface area contributed by atoms with Crippen molar-refractivity contribution in [1.82, 2.24) is 9.80 Å². The maximum Gasteiger partial charge on any atom is 0.225 e. The standard InChI is InChI=1S/C14H24N2O/c1-15-8-6-14(7-9-15)10-16(11-14)13(17)12-4-2-3-5-12/h12H,2-11H2,1H3. The lowest BCUT2D eigenvalue weighted by molar-refractivity contribution is -0.150. The van der Waals surface area contributed by atoms with Gasteiger partial charge in [0.25, 0.3) is 0 Å². The van der Waals surface area contributed by atoms with Gasteiger partial charge in [-0.2, -0.15) is 0 Å². The third-order valence-electron chi connectivity index (χ3n) is 5.12. The van der Waals surface area contributed by atoms with Gasteiger partial charge >= 0.3 is 0 Å². The lowest BCUT2D eigenvalue weighted by Crippen LogP contribution is -2.62. The zero-order valence-electron chi connectivity index (χ0n) is 11.0. The molecule has 0 bridgehead atoms. The average Bonchev–Trinajstić information content (AvgIpc) is 2.80. The Morgan fingerprint density at radius 3 is 2.29 bits per heavy atom. The highest BCUT2D eigenvalue weighted by molar-refractivity contribution is 5.80. The summed E-state index contributed by atoms with van der Waals surface area (Å²) in [5.41, 5.74) is 0.501. The minimum Gasteiger partial charge on any atom is -0.341 e. The normalized spacial score (nSPS) is 29.6. The summed E-state index contributed by atoms with van der Waals surface area (Å²) < 4.78 is 0. The minimum atomic E-state index is 0.374. The van der Waals surface area contributed by atoms with Gasteiger partial charge in [-0.25, -0.2) is 0 Å². The number of hydrogen-bond acceptors (Lipinski definition) is 2. The molecule has 96 valence electrons. The molecule has 1 spiro atoms. The monoisotopic (exact) mass is 236 g/mol. The Labute approximate surface area is 104 Å². The number of nitrogens with zero attached hydrogens (tertiary/aromatic N) is 2. The highest BCUT2D eigenvalue weighted by atomic mass is 16.2. The lowest BCUT2D eigenvalue weighted by Gasteiger charge is -2.54. The molecule has 1 aliphatic carbocycles. The van der Waals surface area contributed by atoms with Crippen LogP contribution in [0.25, 0.3) is 0 Å². The second-order valence-electron chi connectivity index (χ2n) is 6.48. The Morgan fingerprint density at radius 2 is 1.71 bits per heavy atom. The molecule has 0 radical (unpaired) electrons. The van der Waals surface area contributed by atoms with Gasteiger partial charge in [0.15, 0.2) is 0 Å². The van der Waals surface area contributed by atoms with E-state index in [-0.39, 0.29) is 0 Å². The summed E-state index contributed by atoms with van der Waals surface area (Å²) >= 11 is 0. The maximum atomic E-state index is 12.2. The Kier molecular flexibility index (Phi) is 2.89. The predicted molar refractivity (Wildman–Crippen MR) is 67.7 cm³/mol. The molecule has 3 aliphatic rings. The molecule has 0 aromatic carbocycles.